The molecular weight excluding hydrogens is 528 g/mol. The lowest BCUT2D eigenvalue weighted by atomic mass is 10.0. The molecule has 1 aliphatic carbocycles. The Balaban J connectivity index is 1.16. The molecule has 0 bridgehead atoms. The minimum absolute atomic E-state index is 0.0208. The molecule has 5 aromatic rings. The Hall–Kier alpha value is -4.76. The van der Waals surface area contributed by atoms with Crippen LogP contribution in [0.25, 0.3) is 16.8 Å². The van der Waals surface area contributed by atoms with Gasteiger partial charge in [0.2, 0.25) is 0 Å². The average Bonchev–Trinajstić information content (AvgIpc) is 3.49. The van der Waals surface area contributed by atoms with Crippen LogP contribution < -0.4 is 4.74 Å². The first-order valence-corrected chi connectivity index (χ1v) is 14.3. The maximum absolute atomic E-state index is 12.1. The maximum atomic E-state index is 12.1. The van der Waals surface area contributed by atoms with Crippen LogP contribution in [0.4, 0.5) is 0 Å². The van der Waals surface area contributed by atoms with Crippen molar-refractivity contribution in [1.29, 1.82) is 0 Å². The van der Waals surface area contributed by atoms with Crippen LogP contribution in [0.5, 0.6) is 5.75 Å². The van der Waals surface area contributed by atoms with E-state index in [-0.39, 0.29) is 23.5 Å². The molecule has 0 saturated heterocycles. The molecule has 2 aromatic heterocycles. The van der Waals surface area contributed by atoms with E-state index in [1.54, 1.807) is 9.36 Å². The molecule has 3 aromatic carbocycles. The highest BCUT2D eigenvalue weighted by Gasteiger charge is 2.46. The number of aromatic carboxylic acids is 1. The van der Waals surface area contributed by atoms with Crippen LogP contribution >= 0.6 is 0 Å². The summed E-state index contributed by atoms with van der Waals surface area (Å²) < 4.78 is 9.62. The summed E-state index contributed by atoms with van der Waals surface area (Å²) in [4.78, 5) is 14.6. The lowest BCUT2D eigenvalue weighted by Gasteiger charge is -2.22. The van der Waals surface area contributed by atoms with E-state index in [9.17, 15) is 9.90 Å². The second-order valence-corrected chi connectivity index (χ2v) is 11.4. The van der Waals surface area contributed by atoms with Crippen LogP contribution in [-0.4, -0.2) is 53.4 Å². The second-order valence-electron chi connectivity index (χ2n) is 11.4. The van der Waals surface area contributed by atoms with Gasteiger partial charge in [0, 0.05) is 50.3 Å². The highest BCUT2D eigenvalue weighted by Crippen LogP contribution is 2.55. The van der Waals surface area contributed by atoms with Crippen LogP contribution in [-0.2, 0) is 20.1 Å². The third kappa shape index (κ3) is 5.07. The zero-order valence-electron chi connectivity index (χ0n) is 23.6. The number of fused-ring (bicyclic) bond motifs is 1. The molecule has 1 fully saturated rings. The fraction of sp³-hybridized carbons (Fsp3) is 0.273. The number of ether oxygens (including phenoxy) is 1. The molecule has 3 atom stereocenters. The molecular formula is C33H32N6O3. The van der Waals surface area contributed by atoms with Gasteiger partial charge in [0.15, 0.2) is 0 Å². The van der Waals surface area contributed by atoms with Crippen molar-refractivity contribution in [3.8, 4) is 22.6 Å². The van der Waals surface area contributed by atoms with E-state index in [1.807, 2.05) is 37.5 Å². The van der Waals surface area contributed by atoms with E-state index < -0.39 is 5.97 Å². The van der Waals surface area contributed by atoms with Crippen LogP contribution in [0.15, 0.2) is 85.2 Å². The van der Waals surface area contributed by atoms with E-state index >= 15 is 0 Å². The molecule has 212 valence electrons. The normalized spacial score (nSPS) is 20.0. The number of aryl methyl sites for hydroxylation is 1. The van der Waals surface area contributed by atoms with E-state index in [0.717, 1.165) is 54.3 Å². The van der Waals surface area contributed by atoms with E-state index in [2.05, 4.69) is 75.8 Å². The van der Waals surface area contributed by atoms with Crippen molar-refractivity contribution in [3.63, 3.8) is 0 Å². The first-order chi connectivity index (χ1) is 20.4. The van der Waals surface area contributed by atoms with Crippen molar-refractivity contribution in [1.82, 2.24) is 29.7 Å². The quantitative estimate of drug-likeness (QED) is 0.284. The fourth-order valence-corrected chi connectivity index (χ4v) is 6.16. The zero-order chi connectivity index (χ0) is 28.8. The standard InChI is InChI=1S/C33H32N6O3/c1-21-17-38(19-25-8-3-4-12-31(25)42-21)18-22-7-5-9-23(13-22)24-10-6-11-26(14-24)39-32(29(16-34-39)33(40)41)28-15-27(28)30-20-37(2)36-35-30/h3-14,16,20-21,27-28H,15,17-19H2,1-2H3,(H,40,41)/t21-,27-,28-/m1/s1. The van der Waals surface area contributed by atoms with E-state index in [0.29, 0.717) is 5.69 Å². The first kappa shape index (κ1) is 26.2. The number of aromatic nitrogens is 5. The summed E-state index contributed by atoms with van der Waals surface area (Å²) in [6.07, 6.45) is 4.28. The van der Waals surface area contributed by atoms with Gasteiger partial charge >= 0.3 is 5.97 Å². The first-order valence-electron chi connectivity index (χ1n) is 14.3. The second kappa shape index (κ2) is 10.6. The molecule has 1 aliphatic heterocycles. The zero-order valence-corrected chi connectivity index (χ0v) is 23.6. The number of rotatable bonds is 7. The lowest BCUT2D eigenvalue weighted by molar-refractivity contribution is 0.0695. The van der Waals surface area contributed by atoms with Crippen molar-refractivity contribution in [2.45, 2.75) is 44.4 Å². The van der Waals surface area contributed by atoms with Crippen LogP contribution in [0.2, 0.25) is 0 Å². The summed E-state index contributed by atoms with van der Waals surface area (Å²) in [5.41, 5.74) is 7.24. The van der Waals surface area contributed by atoms with Gasteiger partial charge in [-0.3, -0.25) is 9.58 Å². The molecule has 2 aliphatic rings. The van der Waals surface area contributed by atoms with Crippen LogP contribution in [0.1, 0.15) is 58.1 Å². The van der Waals surface area contributed by atoms with Crippen LogP contribution in [0, 0.1) is 0 Å². The van der Waals surface area contributed by atoms with E-state index in [1.165, 1.54) is 17.3 Å². The minimum Gasteiger partial charge on any atom is -0.489 e. The van der Waals surface area contributed by atoms with Crippen molar-refractivity contribution in [2.75, 3.05) is 6.54 Å². The van der Waals surface area contributed by atoms with Crippen LogP contribution in [0.3, 0.4) is 0 Å². The lowest BCUT2D eigenvalue weighted by Crippen LogP contribution is -2.30. The summed E-state index contributed by atoms with van der Waals surface area (Å²) in [6.45, 7) is 4.61. The van der Waals surface area contributed by atoms with Crippen molar-refractivity contribution < 1.29 is 14.6 Å². The predicted octanol–water partition coefficient (Wildman–Crippen LogP) is 5.42. The highest BCUT2D eigenvalue weighted by atomic mass is 16.5. The smallest absolute Gasteiger partial charge is 0.339 e. The molecule has 0 radical (unpaired) electrons. The third-order valence-electron chi connectivity index (χ3n) is 8.15. The van der Waals surface area contributed by atoms with Gasteiger partial charge in [0.25, 0.3) is 0 Å². The maximum Gasteiger partial charge on any atom is 0.339 e. The molecule has 7 rings (SSSR count). The number of hydrogen-bond acceptors (Lipinski definition) is 6. The Morgan fingerprint density at radius 1 is 1.02 bits per heavy atom. The fourth-order valence-electron chi connectivity index (χ4n) is 6.16. The molecule has 9 nitrogen and oxygen atoms in total. The molecule has 9 heteroatoms. The molecule has 42 heavy (non-hydrogen) atoms. The number of carbonyl (C=O) groups is 1. The van der Waals surface area contributed by atoms with Gasteiger partial charge in [-0.1, -0.05) is 53.7 Å². The van der Waals surface area contributed by atoms with Gasteiger partial charge in [-0.25, -0.2) is 9.48 Å². The van der Waals surface area contributed by atoms with E-state index in [4.69, 9.17) is 4.74 Å². The molecule has 0 spiro atoms. The van der Waals surface area contributed by atoms with Gasteiger partial charge in [-0.15, -0.1) is 5.10 Å². The summed E-state index contributed by atoms with van der Waals surface area (Å²) in [7, 11) is 1.84. The monoisotopic (exact) mass is 560 g/mol. The largest absolute Gasteiger partial charge is 0.489 e. The summed E-state index contributed by atoms with van der Waals surface area (Å²) in [5, 5.41) is 22.8. The summed E-state index contributed by atoms with van der Waals surface area (Å²) in [6, 6.07) is 25.0. The van der Waals surface area contributed by atoms with Crippen molar-refractivity contribution in [2.24, 2.45) is 7.05 Å². The van der Waals surface area contributed by atoms with Gasteiger partial charge in [-0.2, -0.15) is 5.10 Å². The average molecular weight is 561 g/mol. The Labute approximate surface area is 244 Å². The van der Waals surface area contributed by atoms with Gasteiger partial charge < -0.3 is 9.84 Å². The molecule has 1 N–H and O–H groups in total. The highest BCUT2D eigenvalue weighted by molar-refractivity contribution is 5.89. The number of carboxylic acids is 1. The van der Waals surface area contributed by atoms with Gasteiger partial charge in [0.1, 0.15) is 17.4 Å². The predicted molar refractivity (Wildman–Crippen MR) is 158 cm³/mol. The Kier molecular flexibility index (Phi) is 6.59. The van der Waals surface area contributed by atoms with Gasteiger partial charge in [0.05, 0.1) is 23.3 Å². The number of nitrogens with zero attached hydrogens (tertiary/aromatic N) is 6. The minimum atomic E-state index is -0.972. The van der Waals surface area contributed by atoms with Crippen molar-refractivity contribution >= 4 is 5.97 Å². The number of hydrogen-bond donors (Lipinski definition) is 1. The summed E-state index contributed by atoms with van der Waals surface area (Å²) >= 11 is 0. The Morgan fingerprint density at radius 3 is 2.64 bits per heavy atom. The molecule has 0 unspecified atom stereocenters. The van der Waals surface area contributed by atoms with Crippen molar-refractivity contribution in [3.05, 3.63) is 113 Å². The number of para-hydroxylation sites is 1. The topological polar surface area (TPSA) is 98.3 Å². The SMILES string of the molecule is C[C@@H]1CN(Cc2cccc(-c3cccc(-n4ncc(C(=O)O)c4[C@@H]4C[C@H]4c4cn(C)nn4)c3)c2)Cc2ccccc2O1. The number of benzene rings is 3. The Bertz CT molecular complexity index is 1770. The molecule has 0 amide bonds. The summed E-state index contributed by atoms with van der Waals surface area (Å²) in [5.74, 6) is 0.149. The number of carboxylic acid groups (broad SMARTS) is 1. The molecule has 3 heterocycles. The Morgan fingerprint density at radius 2 is 1.83 bits per heavy atom. The molecule has 1 saturated carbocycles. The third-order valence-corrected chi connectivity index (χ3v) is 8.15. The van der Waals surface area contributed by atoms with Gasteiger partial charge in [-0.05, 0) is 54.3 Å².